The minimum absolute atomic E-state index is 0.0627. The molecular formula is C23H26BrN5S. The summed E-state index contributed by atoms with van der Waals surface area (Å²) in [5, 5.41) is 10.5. The van der Waals surface area contributed by atoms with Crippen LogP contribution in [0.2, 0.25) is 0 Å². The molecule has 0 N–H and O–H groups in total. The number of rotatable bonds is 4. The van der Waals surface area contributed by atoms with Crippen molar-refractivity contribution in [3.8, 4) is 11.8 Å². The van der Waals surface area contributed by atoms with Crippen LogP contribution in [0.25, 0.3) is 16.7 Å². The summed E-state index contributed by atoms with van der Waals surface area (Å²) >= 11 is 5.49. The van der Waals surface area contributed by atoms with E-state index in [2.05, 4.69) is 70.6 Å². The summed E-state index contributed by atoms with van der Waals surface area (Å²) in [6, 6.07) is 6.80. The van der Waals surface area contributed by atoms with Gasteiger partial charge in [0, 0.05) is 28.7 Å². The third-order valence-electron chi connectivity index (χ3n) is 5.60. The maximum atomic E-state index is 9.45. The number of anilines is 1. The molecule has 1 fully saturated rings. The number of fused-ring (bicyclic) bond motifs is 1. The molecule has 4 rings (SSSR count). The van der Waals surface area contributed by atoms with Gasteiger partial charge in [-0.1, -0.05) is 22.9 Å². The minimum Gasteiger partial charge on any atom is -0.355 e. The molecule has 1 aliphatic rings. The summed E-state index contributed by atoms with van der Waals surface area (Å²) in [4.78, 5) is 13.2. The fourth-order valence-electron chi connectivity index (χ4n) is 4.34. The van der Waals surface area contributed by atoms with Gasteiger partial charge in [0.1, 0.15) is 11.6 Å². The van der Waals surface area contributed by atoms with Gasteiger partial charge in [0.05, 0.1) is 23.1 Å². The summed E-state index contributed by atoms with van der Waals surface area (Å²) in [6.45, 7) is 10.1. The highest BCUT2D eigenvalue weighted by atomic mass is 79.9. The van der Waals surface area contributed by atoms with Crippen molar-refractivity contribution in [3.63, 3.8) is 0 Å². The second-order valence-electron chi connectivity index (χ2n) is 7.89. The van der Waals surface area contributed by atoms with Gasteiger partial charge in [-0.25, -0.2) is 9.97 Å². The van der Waals surface area contributed by atoms with Crippen molar-refractivity contribution in [2.45, 2.75) is 45.4 Å². The third kappa shape index (κ3) is 3.83. The van der Waals surface area contributed by atoms with Gasteiger partial charge >= 0.3 is 0 Å². The first-order valence-electron chi connectivity index (χ1n) is 10.4. The van der Waals surface area contributed by atoms with Crippen LogP contribution < -0.4 is 4.90 Å². The molecule has 1 saturated heterocycles. The molecule has 0 amide bonds. The van der Waals surface area contributed by atoms with E-state index in [9.17, 15) is 5.26 Å². The zero-order valence-corrected chi connectivity index (χ0v) is 20.3. The second kappa shape index (κ2) is 8.60. The van der Waals surface area contributed by atoms with E-state index in [0.717, 1.165) is 64.4 Å². The van der Waals surface area contributed by atoms with E-state index in [1.807, 2.05) is 18.7 Å². The van der Waals surface area contributed by atoms with Crippen LogP contribution in [-0.4, -0.2) is 33.4 Å². The molecule has 1 aromatic carbocycles. The van der Waals surface area contributed by atoms with Gasteiger partial charge in [0.2, 0.25) is 0 Å². The Bertz CT molecular complexity index is 1150. The molecule has 0 aliphatic carbocycles. The van der Waals surface area contributed by atoms with E-state index in [1.54, 1.807) is 0 Å². The van der Waals surface area contributed by atoms with Crippen molar-refractivity contribution in [2.75, 3.05) is 23.7 Å². The van der Waals surface area contributed by atoms with Crippen LogP contribution in [0.4, 0.5) is 5.82 Å². The molecule has 30 heavy (non-hydrogen) atoms. The minimum atomic E-state index is 0.0627. The molecule has 7 heteroatoms. The maximum Gasteiger partial charge on any atom is 0.150 e. The van der Waals surface area contributed by atoms with Gasteiger partial charge in [-0.05, 0) is 62.6 Å². The van der Waals surface area contributed by atoms with E-state index >= 15 is 0 Å². The fourth-order valence-corrected chi connectivity index (χ4v) is 5.98. The van der Waals surface area contributed by atoms with E-state index < -0.39 is 0 Å². The van der Waals surface area contributed by atoms with Crippen molar-refractivity contribution in [1.29, 1.82) is 5.26 Å². The van der Waals surface area contributed by atoms with Gasteiger partial charge in [-0.2, -0.15) is 5.26 Å². The molecule has 0 bridgehead atoms. The maximum absolute atomic E-state index is 9.45. The SMILES string of the molecule is CCSc1cc(Br)cc(C)c1-n1cc(C)c2c(N3CCCC(C#N)C3)nc(C)nc21. The highest BCUT2D eigenvalue weighted by molar-refractivity contribution is 9.10. The molecule has 0 saturated carbocycles. The lowest BCUT2D eigenvalue weighted by Crippen LogP contribution is -2.35. The van der Waals surface area contributed by atoms with E-state index in [4.69, 9.17) is 9.97 Å². The Morgan fingerprint density at radius 1 is 1.23 bits per heavy atom. The average molecular weight is 484 g/mol. The van der Waals surface area contributed by atoms with Crippen LogP contribution in [0.5, 0.6) is 0 Å². The largest absolute Gasteiger partial charge is 0.355 e. The number of benzene rings is 1. The standard InChI is InChI=1S/C23H26BrN5S/c1-5-30-19-10-18(24)9-14(2)21(19)29-12-15(3)20-22(26-16(4)27-23(20)29)28-8-6-7-17(11-25)13-28/h9-10,12,17H,5-8,13H2,1-4H3. The number of aryl methyl sites for hydroxylation is 3. The molecule has 156 valence electrons. The van der Waals surface area contributed by atoms with E-state index in [-0.39, 0.29) is 5.92 Å². The number of hydrogen-bond donors (Lipinski definition) is 0. The Labute approximate surface area is 190 Å². The predicted octanol–water partition coefficient (Wildman–Crippen LogP) is 5.96. The molecule has 1 aliphatic heterocycles. The Kier molecular flexibility index (Phi) is 6.08. The van der Waals surface area contributed by atoms with Crippen molar-refractivity contribution in [1.82, 2.24) is 14.5 Å². The molecule has 5 nitrogen and oxygen atoms in total. The topological polar surface area (TPSA) is 57.7 Å². The fraction of sp³-hybridized carbons (Fsp3) is 0.435. The highest BCUT2D eigenvalue weighted by Crippen LogP contribution is 2.37. The summed E-state index contributed by atoms with van der Waals surface area (Å²) < 4.78 is 3.32. The summed E-state index contributed by atoms with van der Waals surface area (Å²) in [6.07, 6.45) is 4.17. The number of aromatic nitrogens is 3. The lowest BCUT2D eigenvalue weighted by Gasteiger charge is -2.31. The first-order valence-corrected chi connectivity index (χ1v) is 12.1. The number of piperidine rings is 1. The summed E-state index contributed by atoms with van der Waals surface area (Å²) in [5.41, 5.74) is 4.49. The normalized spacial score (nSPS) is 16.8. The van der Waals surface area contributed by atoms with Gasteiger partial charge in [-0.3, -0.25) is 4.57 Å². The second-order valence-corrected chi connectivity index (χ2v) is 10.1. The zero-order valence-electron chi connectivity index (χ0n) is 17.9. The lowest BCUT2D eigenvalue weighted by atomic mass is 9.99. The quantitative estimate of drug-likeness (QED) is 0.428. The molecule has 1 unspecified atom stereocenters. The van der Waals surface area contributed by atoms with Crippen molar-refractivity contribution >= 4 is 44.5 Å². The van der Waals surface area contributed by atoms with Gasteiger partial charge < -0.3 is 4.90 Å². The molecule has 2 aromatic heterocycles. The Morgan fingerprint density at radius 3 is 2.77 bits per heavy atom. The van der Waals surface area contributed by atoms with Crippen LogP contribution in [-0.2, 0) is 0 Å². The average Bonchev–Trinajstić information content (AvgIpc) is 3.03. The highest BCUT2D eigenvalue weighted by Gasteiger charge is 2.25. The molecule has 3 heterocycles. The molecule has 0 radical (unpaired) electrons. The van der Waals surface area contributed by atoms with Crippen LogP contribution in [0.1, 0.15) is 36.7 Å². The van der Waals surface area contributed by atoms with E-state index in [1.165, 1.54) is 16.1 Å². The lowest BCUT2D eigenvalue weighted by molar-refractivity contribution is 0.491. The molecular weight excluding hydrogens is 458 g/mol. The van der Waals surface area contributed by atoms with Gasteiger partial charge in [0.15, 0.2) is 5.65 Å². The van der Waals surface area contributed by atoms with Crippen molar-refractivity contribution in [3.05, 3.63) is 39.8 Å². The Hall–Kier alpha value is -2.04. The Morgan fingerprint density at radius 2 is 2.03 bits per heavy atom. The first kappa shape index (κ1) is 21.2. The summed E-state index contributed by atoms with van der Waals surface area (Å²) in [7, 11) is 0. The van der Waals surface area contributed by atoms with Crippen molar-refractivity contribution < 1.29 is 0 Å². The summed E-state index contributed by atoms with van der Waals surface area (Å²) in [5.74, 6) is 2.79. The number of nitriles is 1. The number of halogens is 1. The molecule has 1 atom stereocenters. The van der Waals surface area contributed by atoms with Crippen LogP contribution in [0, 0.1) is 38.0 Å². The smallest absolute Gasteiger partial charge is 0.150 e. The first-order chi connectivity index (χ1) is 14.4. The van der Waals surface area contributed by atoms with Crippen molar-refractivity contribution in [2.24, 2.45) is 5.92 Å². The van der Waals surface area contributed by atoms with Crippen LogP contribution in [0.3, 0.4) is 0 Å². The monoisotopic (exact) mass is 483 g/mol. The van der Waals surface area contributed by atoms with Gasteiger partial charge in [-0.15, -0.1) is 11.8 Å². The van der Waals surface area contributed by atoms with Crippen LogP contribution >= 0.6 is 27.7 Å². The number of hydrogen-bond acceptors (Lipinski definition) is 5. The zero-order chi connectivity index (χ0) is 21.4. The van der Waals surface area contributed by atoms with E-state index in [0.29, 0.717) is 0 Å². The number of nitrogens with zero attached hydrogens (tertiary/aromatic N) is 5. The van der Waals surface area contributed by atoms with Gasteiger partial charge in [0.25, 0.3) is 0 Å². The van der Waals surface area contributed by atoms with Crippen LogP contribution in [0.15, 0.2) is 27.7 Å². The predicted molar refractivity (Wildman–Crippen MR) is 128 cm³/mol. The number of thioether (sulfide) groups is 1. The Balaban J connectivity index is 1.94. The molecule has 3 aromatic rings. The molecule has 0 spiro atoms. The third-order valence-corrected chi connectivity index (χ3v) is 6.97.